The molecule has 0 aliphatic heterocycles. The zero-order chi connectivity index (χ0) is 26.5. The van der Waals surface area contributed by atoms with Crippen LogP contribution in [0.3, 0.4) is 0 Å². The van der Waals surface area contributed by atoms with Gasteiger partial charge in [0.1, 0.15) is 11.5 Å². The highest BCUT2D eigenvalue weighted by molar-refractivity contribution is 6.09. The summed E-state index contributed by atoms with van der Waals surface area (Å²) in [7, 11) is 0. The Kier molecular flexibility index (Phi) is 7.17. The maximum Gasteiger partial charge on any atom is 0.305 e. The van der Waals surface area contributed by atoms with E-state index in [0.717, 1.165) is 17.2 Å². The summed E-state index contributed by atoms with van der Waals surface area (Å²) in [4.78, 5) is 37.8. The van der Waals surface area contributed by atoms with Gasteiger partial charge in [-0.2, -0.15) is 5.10 Å². The quantitative estimate of drug-likeness (QED) is 0.338. The minimum atomic E-state index is -0.593. The van der Waals surface area contributed by atoms with E-state index in [1.54, 1.807) is 37.3 Å². The summed E-state index contributed by atoms with van der Waals surface area (Å²) in [6.07, 6.45) is 2.02. The molecule has 0 radical (unpaired) electrons. The van der Waals surface area contributed by atoms with Crippen molar-refractivity contribution in [2.24, 2.45) is 5.10 Å². The van der Waals surface area contributed by atoms with Crippen LogP contribution in [0, 0.1) is 6.92 Å². The van der Waals surface area contributed by atoms with E-state index < -0.39 is 11.8 Å². The number of hydrogen-bond donors (Lipinski definition) is 3. The predicted octanol–water partition coefficient (Wildman–Crippen LogP) is 4.05. The van der Waals surface area contributed by atoms with Crippen LogP contribution in [-0.2, 0) is 11.2 Å². The van der Waals surface area contributed by atoms with E-state index in [4.69, 9.17) is 9.15 Å². The Hall–Kier alpha value is -4.92. The Morgan fingerprint density at radius 3 is 2.50 bits per heavy atom. The fraction of sp³-hybridized carbons (Fsp3) is 0.172. The van der Waals surface area contributed by atoms with Gasteiger partial charge in [-0.05, 0) is 48.7 Å². The number of ether oxygens (including phenoxy) is 1. The van der Waals surface area contributed by atoms with Crippen LogP contribution in [0.5, 0.6) is 5.75 Å². The van der Waals surface area contributed by atoms with Gasteiger partial charge < -0.3 is 9.15 Å². The summed E-state index contributed by atoms with van der Waals surface area (Å²) in [5, 5.41) is 6.21. The molecule has 1 aromatic heterocycles. The van der Waals surface area contributed by atoms with Gasteiger partial charge in [-0.3, -0.25) is 25.2 Å². The average Bonchev–Trinajstić information content (AvgIpc) is 3.30. The molecule has 0 fully saturated rings. The van der Waals surface area contributed by atoms with Crippen LogP contribution in [0.4, 0.5) is 0 Å². The molecule has 9 heteroatoms. The number of amides is 3. The molecule has 3 amide bonds. The topological polar surface area (TPSA) is 122 Å². The largest absolute Gasteiger partial charge is 0.484 e. The van der Waals surface area contributed by atoms with Crippen LogP contribution < -0.4 is 21.0 Å². The number of hydrazine groups is 1. The number of benzene rings is 3. The molecule has 1 heterocycles. The first-order chi connectivity index (χ1) is 18.5. The Balaban J connectivity index is 1.26. The first-order valence-electron chi connectivity index (χ1n) is 12.3. The lowest BCUT2D eigenvalue weighted by atomic mass is 9.93. The number of hydrazone groups is 1. The molecule has 5 rings (SSSR count). The highest BCUT2D eigenvalue weighted by atomic mass is 16.5. The number of para-hydroxylation sites is 1. The number of rotatable bonds is 6. The normalized spacial score (nSPS) is 13.6. The van der Waals surface area contributed by atoms with E-state index in [1.165, 1.54) is 0 Å². The first kappa shape index (κ1) is 24.8. The van der Waals surface area contributed by atoms with Crippen molar-refractivity contribution >= 4 is 34.2 Å². The van der Waals surface area contributed by atoms with Gasteiger partial charge in [-0.25, -0.2) is 5.43 Å². The van der Waals surface area contributed by atoms with Crippen molar-refractivity contribution < 1.29 is 23.5 Å². The summed E-state index contributed by atoms with van der Waals surface area (Å²) in [6.45, 7) is 1.50. The molecule has 1 aliphatic rings. The molecule has 0 bridgehead atoms. The van der Waals surface area contributed by atoms with Crippen LogP contribution in [-0.4, -0.2) is 30.0 Å². The van der Waals surface area contributed by atoms with Crippen LogP contribution in [0.2, 0.25) is 0 Å². The van der Waals surface area contributed by atoms with E-state index in [2.05, 4.69) is 21.4 Å². The molecule has 0 unspecified atom stereocenters. The number of nitrogens with zero attached hydrogens (tertiary/aromatic N) is 1. The molecule has 1 aliphatic carbocycles. The second-order valence-corrected chi connectivity index (χ2v) is 8.84. The lowest BCUT2D eigenvalue weighted by Crippen LogP contribution is -2.43. The molecule has 0 saturated heterocycles. The van der Waals surface area contributed by atoms with E-state index >= 15 is 0 Å². The van der Waals surface area contributed by atoms with Gasteiger partial charge in [0.2, 0.25) is 0 Å². The van der Waals surface area contributed by atoms with Crippen molar-refractivity contribution in [2.75, 3.05) is 6.61 Å². The molecule has 3 aromatic carbocycles. The van der Waals surface area contributed by atoms with Crippen LogP contribution in [0.1, 0.15) is 50.6 Å². The third kappa shape index (κ3) is 5.27. The highest BCUT2D eigenvalue weighted by Crippen LogP contribution is 2.30. The van der Waals surface area contributed by atoms with Gasteiger partial charge in [0, 0.05) is 23.1 Å². The van der Waals surface area contributed by atoms with Gasteiger partial charge in [0.05, 0.1) is 5.71 Å². The minimum Gasteiger partial charge on any atom is -0.484 e. The number of carbonyl (C=O) groups is 3. The van der Waals surface area contributed by atoms with Gasteiger partial charge in [-0.1, -0.05) is 54.6 Å². The molecule has 0 atom stereocenters. The summed E-state index contributed by atoms with van der Waals surface area (Å²) < 4.78 is 11.2. The fourth-order valence-corrected chi connectivity index (χ4v) is 4.48. The van der Waals surface area contributed by atoms with E-state index in [1.807, 2.05) is 42.5 Å². The zero-order valence-corrected chi connectivity index (χ0v) is 20.7. The maximum absolute atomic E-state index is 12.9. The first-order valence-corrected chi connectivity index (χ1v) is 12.3. The van der Waals surface area contributed by atoms with Crippen molar-refractivity contribution in [1.29, 1.82) is 0 Å². The number of hydrogen-bond acceptors (Lipinski definition) is 6. The lowest BCUT2D eigenvalue weighted by Gasteiger charge is -2.13. The van der Waals surface area contributed by atoms with Gasteiger partial charge in [0.15, 0.2) is 12.4 Å². The second-order valence-electron chi connectivity index (χ2n) is 8.84. The Bertz CT molecular complexity index is 1540. The summed E-state index contributed by atoms with van der Waals surface area (Å²) >= 11 is 0. The lowest BCUT2D eigenvalue weighted by molar-refractivity contribution is -0.123. The minimum absolute atomic E-state index is 0.0780. The molecular formula is C29H26N4O5. The Morgan fingerprint density at radius 2 is 1.66 bits per heavy atom. The van der Waals surface area contributed by atoms with Crippen LogP contribution in [0.25, 0.3) is 10.8 Å². The van der Waals surface area contributed by atoms with E-state index in [9.17, 15) is 14.4 Å². The van der Waals surface area contributed by atoms with E-state index in [-0.39, 0.29) is 18.3 Å². The zero-order valence-electron chi connectivity index (χ0n) is 20.7. The molecule has 192 valence electrons. The fourth-order valence-electron chi connectivity index (χ4n) is 4.48. The molecule has 0 spiro atoms. The highest BCUT2D eigenvalue weighted by Gasteiger charge is 2.28. The number of fused-ring (bicyclic) bond motifs is 2. The van der Waals surface area contributed by atoms with Crippen molar-refractivity contribution in [2.45, 2.75) is 26.2 Å². The molecular weight excluding hydrogens is 484 g/mol. The van der Waals surface area contributed by atoms with Gasteiger partial charge in [0.25, 0.3) is 11.8 Å². The standard InChI is InChI=1S/C29H26N4O5/c1-18-26-23(30-32-28(35)22-14-7-10-19-9-5-6-13-21(19)22)15-8-16-24(26)38-27(18)29(36)33-31-25(34)17-37-20-11-3-2-4-12-20/h2-7,9-14H,8,15-17H2,1H3,(H,31,34)(H,32,35)(H,33,36)/b30-23+. The number of nitrogens with one attached hydrogen (secondary N) is 3. The number of carbonyl (C=O) groups excluding carboxylic acids is 3. The predicted molar refractivity (Wildman–Crippen MR) is 142 cm³/mol. The molecule has 9 nitrogen and oxygen atoms in total. The summed E-state index contributed by atoms with van der Waals surface area (Å²) in [5.41, 5.74) is 9.83. The SMILES string of the molecule is Cc1c(C(=O)NNC(=O)COc2ccccc2)oc2c1/C(=N/NC(=O)c1cccc3ccccc13)CCC2. The maximum atomic E-state index is 12.9. The van der Waals surface area contributed by atoms with Crippen molar-refractivity contribution in [3.63, 3.8) is 0 Å². The number of aryl methyl sites for hydroxylation is 1. The molecule has 0 saturated carbocycles. The van der Waals surface area contributed by atoms with Crippen molar-refractivity contribution in [1.82, 2.24) is 16.3 Å². The number of furan rings is 1. The molecule has 3 N–H and O–H groups in total. The molecule has 4 aromatic rings. The van der Waals surface area contributed by atoms with Crippen molar-refractivity contribution in [3.05, 3.63) is 101 Å². The van der Waals surface area contributed by atoms with Gasteiger partial charge in [-0.15, -0.1) is 0 Å². The molecule has 38 heavy (non-hydrogen) atoms. The Labute approximate surface area is 218 Å². The van der Waals surface area contributed by atoms with Gasteiger partial charge >= 0.3 is 5.91 Å². The summed E-state index contributed by atoms with van der Waals surface area (Å²) in [6, 6.07) is 22.1. The Morgan fingerprint density at radius 1 is 0.895 bits per heavy atom. The van der Waals surface area contributed by atoms with E-state index in [0.29, 0.717) is 46.8 Å². The van der Waals surface area contributed by atoms with Crippen LogP contribution in [0.15, 0.2) is 82.3 Å². The second kappa shape index (κ2) is 11.0. The average molecular weight is 511 g/mol. The third-order valence-electron chi connectivity index (χ3n) is 6.29. The summed E-state index contributed by atoms with van der Waals surface area (Å²) in [5.74, 6) is -0.187. The monoisotopic (exact) mass is 510 g/mol. The third-order valence-corrected chi connectivity index (χ3v) is 6.29. The van der Waals surface area contributed by atoms with Crippen molar-refractivity contribution in [3.8, 4) is 5.75 Å². The smallest absolute Gasteiger partial charge is 0.305 e. The van der Waals surface area contributed by atoms with Crippen LogP contribution >= 0.6 is 0 Å².